The zero-order valence-electron chi connectivity index (χ0n) is 12.5. The lowest BCUT2D eigenvalue weighted by Gasteiger charge is -2.34. The third-order valence-corrected chi connectivity index (χ3v) is 4.49. The molecule has 3 heterocycles. The van der Waals surface area contributed by atoms with Crippen LogP contribution in [0.3, 0.4) is 0 Å². The molecule has 0 saturated carbocycles. The molecular formula is C13H19N7OS. The van der Waals surface area contributed by atoms with Gasteiger partial charge in [-0.05, 0) is 26.3 Å². The van der Waals surface area contributed by atoms with Gasteiger partial charge in [-0.2, -0.15) is 5.10 Å². The van der Waals surface area contributed by atoms with E-state index in [1.807, 2.05) is 11.6 Å². The van der Waals surface area contributed by atoms with Gasteiger partial charge in [-0.25, -0.2) is 4.98 Å². The number of hydrogen-bond acceptors (Lipinski definition) is 7. The number of piperidine rings is 1. The average molecular weight is 321 g/mol. The molecule has 1 aliphatic rings. The summed E-state index contributed by atoms with van der Waals surface area (Å²) in [7, 11) is 0. The largest absolute Gasteiger partial charge is 0.299 e. The Morgan fingerprint density at radius 2 is 2.36 bits per heavy atom. The minimum atomic E-state index is -0.0401. The second-order valence-electron chi connectivity index (χ2n) is 5.41. The molecule has 9 heteroatoms. The molecule has 118 valence electrons. The smallest absolute Gasteiger partial charge is 0.240 e. The number of anilines is 1. The number of hydrogen-bond donors (Lipinski definition) is 1. The number of likely N-dealkylation sites (tertiary alicyclic amines) is 1. The molecule has 1 saturated heterocycles. The van der Waals surface area contributed by atoms with E-state index in [0.29, 0.717) is 17.7 Å². The Labute approximate surface area is 132 Å². The van der Waals surface area contributed by atoms with Crippen molar-refractivity contribution in [3.63, 3.8) is 0 Å². The van der Waals surface area contributed by atoms with Gasteiger partial charge in [0.15, 0.2) is 0 Å². The summed E-state index contributed by atoms with van der Waals surface area (Å²) < 4.78 is 1.83. The highest BCUT2D eigenvalue weighted by molar-refractivity contribution is 7.15. The predicted molar refractivity (Wildman–Crippen MR) is 82.5 cm³/mol. The molecule has 1 fully saturated rings. The van der Waals surface area contributed by atoms with Crippen molar-refractivity contribution >= 4 is 22.4 Å². The van der Waals surface area contributed by atoms with Crippen LogP contribution in [0.25, 0.3) is 0 Å². The van der Waals surface area contributed by atoms with E-state index in [1.54, 1.807) is 6.33 Å². The van der Waals surface area contributed by atoms with E-state index in [1.165, 1.54) is 24.1 Å². The molecule has 0 unspecified atom stereocenters. The van der Waals surface area contributed by atoms with Crippen LogP contribution in [0.4, 0.5) is 5.13 Å². The zero-order chi connectivity index (χ0) is 15.4. The molecule has 1 amide bonds. The van der Waals surface area contributed by atoms with Gasteiger partial charge >= 0.3 is 0 Å². The topological polar surface area (TPSA) is 88.8 Å². The quantitative estimate of drug-likeness (QED) is 0.881. The highest BCUT2D eigenvalue weighted by atomic mass is 32.1. The maximum Gasteiger partial charge on any atom is 0.240 e. The van der Waals surface area contributed by atoms with E-state index in [4.69, 9.17) is 0 Å². The molecule has 0 aliphatic carbocycles. The number of carbonyl (C=O) groups is 1. The second kappa shape index (κ2) is 6.93. The molecule has 0 bridgehead atoms. The highest BCUT2D eigenvalue weighted by Crippen LogP contribution is 2.19. The molecule has 2 aromatic heterocycles. The average Bonchev–Trinajstić information content (AvgIpc) is 3.13. The summed E-state index contributed by atoms with van der Waals surface area (Å²) in [5.74, 6) is -0.0401. The molecule has 0 aromatic carbocycles. The van der Waals surface area contributed by atoms with Gasteiger partial charge in [0.2, 0.25) is 11.0 Å². The maximum atomic E-state index is 12.2. The van der Waals surface area contributed by atoms with Gasteiger partial charge in [-0.15, -0.1) is 10.2 Å². The molecule has 8 nitrogen and oxygen atoms in total. The third-order valence-electron chi connectivity index (χ3n) is 3.73. The van der Waals surface area contributed by atoms with E-state index in [2.05, 4.69) is 30.5 Å². The molecule has 2 aromatic rings. The molecule has 0 radical (unpaired) electrons. The van der Waals surface area contributed by atoms with Crippen molar-refractivity contribution in [2.75, 3.05) is 18.4 Å². The number of nitrogens with zero attached hydrogens (tertiary/aromatic N) is 6. The minimum Gasteiger partial charge on any atom is -0.299 e. The number of nitrogens with one attached hydrogen (secondary N) is 1. The fourth-order valence-corrected chi connectivity index (χ4v) is 3.32. The van der Waals surface area contributed by atoms with E-state index in [9.17, 15) is 4.79 Å². The first-order valence-corrected chi connectivity index (χ1v) is 8.19. The molecule has 1 aliphatic heterocycles. The number of aromatic nitrogens is 5. The summed E-state index contributed by atoms with van der Waals surface area (Å²) in [6.07, 6.45) is 6.64. The lowest BCUT2D eigenvalue weighted by molar-refractivity contribution is -0.118. The number of rotatable bonds is 5. The van der Waals surface area contributed by atoms with E-state index >= 15 is 0 Å². The zero-order valence-corrected chi connectivity index (χ0v) is 13.3. The van der Waals surface area contributed by atoms with Crippen LogP contribution in [0.15, 0.2) is 12.7 Å². The van der Waals surface area contributed by atoms with Gasteiger partial charge < -0.3 is 0 Å². The Bertz CT molecular complexity index is 612. The molecule has 1 atom stereocenters. The van der Waals surface area contributed by atoms with Crippen LogP contribution >= 0.6 is 11.3 Å². The van der Waals surface area contributed by atoms with E-state index in [0.717, 1.165) is 30.9 Å². The summed E-state index contributed by atoms with van der Waals surface area (Å²) in [6.45, 7) is 3.94. The van der Waals surface area contributed by atoms with Crippen LogP contribution in [0, 0.1) is 6.92 Å². The van der Waals surface area contributed by atoms with Crippen molar-refractivity contribution in [1.82, 2.24) is 29.9 Å². The van der Waals surface area contributed by atoms with Gasteiger partial charge in [-0.1, -0.05) is 17.8 Å². The van der Waals surface area contributed by atoms with Crippen LogP contribution in [0.2, 0.25) is 0 Å². The van der Waals surface area contributed by atoms with Gasteiger partial charge in [0.1, 0.15) is 17.7 Å². The molecule has 1 N–H and O–H groups in total. The summed E-state index contributed by atoms with van der Waals surface area (Å²) >= 11 is 1.39. The van der Waals surface area contributed by atoms with Gasteiger partial charge in [-0.3, -0.25) is 19.7 Å². The van der Waals surface area contributed by atoms with Crippen LogP contribution < -0.4 is 5.32 Å². The SMILES string of the molecule is Cc1nnc(NC(=O)CN2CCCC[C@H]2Cn2cncn2)s1. The summed E-state index contributed by atoms with van der Waals surface area (Å²) in [6, 6.07) is 0.317. The van der Waals surface area contributed by atoms with Gasteiger partial charge in [0.05, 0.1) is 13.1 Å². The maximum absolute atomic E-state index is 12.2. The normalized spacial score (nSPS) is 19.2. The third kappa shape index (κ3) is 3.86. The van der Waals surface area contributed by atoms with Gasteiger partial charge in [0, 0.05) is 6.04 Å². The first-order chi connectivity index (χ1) is 10.7. The van der Waals surface area contributed by atoms with Crippen molar-refractivity contribution in [1.29, 1.82) is 0 Å². The number of amides is 1. The highest BCUT2D eigenvalue weighted by Gasteiger charge is 2.25. The lowest BCUT2D eigenvalue weighted by Crippen LogP contribution is -2.46. The Balaban J connectivity index is 1.57. The summed E-state index contributed by atoms with van der Waals surface area (Å²) in [5, 5.41) is 16.2. The summed E-state index contributed by atoms with van der Waals surface area (Å²) in [5.41, 5.74) is 0. The fourth-order valence-electron chi connectivity index (χ4n) is 2.71. The van der Waals surface area contributed by atoms with Gasteiger partial charge in [0.25, 0.3) is 0 Å². The molecular weight excluding hydrogens is 302 g/mol. The van der Waals surface area contributed by atoms with Crippen molar-refractivity contribution in [2.45, 2.75) is 38.8 Å². The molecule has 0 spiro atoms. The minimum absolute atomic E-state index is 0.0401. The number of aryl methyl sites for hydroxylation is 1. The predicted octanol–water partition coefficient (Wildman–Crippen LogP) is 0.931. The summed E-state index contributed by atoms with van der Waals surface area (Å²) in [4.78, 5) is 18.4. The molecule has 22 heavy (non-hydrogen) atoms. The van der Waals surface area contributed by atoms with E-state index < -0.39 is 0 Å². The monoisotopic (exact) mass is 321 g/mol. The Kier molecular flexibility index (Phi) is 4.74. The lowest BCUT2D eigenvalue weighted by atomic mass is 10.0. The van der Waals surface area contributed by atoms with Crippen molar-refractivity contribution < 1.29 is 4.79 Å². The van der Waals surface area contributed by atoms with E-state index in [-0.39, 0.29) is 5.91 Å². The Morgan fingerprint density at radius 3 is 3.09 bits per heavy atom. The van der Waals surface area contributed by atoms with Crippen LogP contribution in [-0.2, 0) is 11.3 Å². The fraction of sp³-hybridized carbons (Fsp3) is 0.615. The van der Waals surface area contributed by atoms with Crippen LogP contribution in [-0.4, -0.2) is 54.9 Å². The Morgan fingerprint density at radius 1 is 1.45 bits per heavy atom. The second-order valence-corrected chi connectivity index (χ2v) is 6.59. The van der Waals surface area contributed by atoms with Crippen molar-refractivity contribution in [3.8, 4) is 0 Å². The molecule has 3 rings (SSSR count). The first-order valence-electron chi connectivity index (χ1n) is 7.37. The van der Waals surface area contributed by atoms with Crippen molar-refractivity contribution in [2.24, 2.45) is 0 Å². The van der Waals surface area contributed by atoms with Crippen LogP contribution in [0.1, 0.15) is 24.3 Å². The van der Waals surface area contributed by atoms with Crippen molar-refractivity contribution in [3.05, 3.63) is 17.7 Å². The van der Waals surface area contributed by atoms with Crippen LogP contribution in [0.5, 0.6) is 0 Å². The first kappa shape index (κ1) is 15.0. The number of carbonyl (C=O) groups excluding carboxylic acids is 1. The Hall–Kier alpha value is -1.87. The standard InChI is InChI=1S/C13H19N7OS/c1-10-17-18-13(22-10)16-12(21)7-19-5-3-2-4-11(19)6-20-9-14-8-15-20/h8-9,11H,2-7H2,1H3,(H,16,18,21)/t11-/m0/s1.